The van der Waals surface area contributed by atoms with Crippen LogP contribution in [0.5, 0.6) is 0 Å². The Bertz CT molecular complexity index is 1590. The topological polar surface area (TPSA) is 83.5 Å². The average molecular weight is 730 g/mol. The highest BCUT2D eigenvalue weighted by atomic mass is 79.9. The van der Waals surface area contributed by atoms with Gasteiger partial charge < -0.3 is 28.8 Å². The molecule has 0 spiro atoms. The van der Waals surface area contributed by atoms with Crippen LogP contribution in [0.1, 0.15) is 40.8 Å². The minimum Gasteiger partial charge on any atom is -0.455 e. The van der Waals surface area contributed by atoms with Crippen molar-refractivity contribution >= 4 is 21.9 Å². The molecule has 7 nitrogen and oxygen atoms in total. The summed E-state index contributed by atoms with van der Waals surface area (Å²) < 4.78 is 75.1. The van der Waals surface area contributed by atoms with E-state index in [-0.39, 0.29) is 29.9 Å². The van der Waals surface area contributed by atoms with Gasteiger partial charge in [-0.1, -0.05) is 113 Å². The predicted octanol–water partition coefficient (Wildman–Crippen LogP) is 7.59. The van der Waals surface area contributed by atoms with Gasteiger partial charge in [-0.15, -0.1) is 0 Å². The predicted molar refractivity (Wildman–Crippen MR) is 174 cm³/mol. The Hall–Kier alpha value is -3.58. The molecule has 3 unspecified atom stereocenters. The van der Waals surface area contributed by atoms with Gasteiger partial charge in [0.1, 0.15) is 30.5 Å². The van der Waals surface area contributed by atoms with E-state index in [9.17, 15) is 23.1 Å². The van der Waals surface area contributed by atoms with E-state index in [1.165, 1.54) is 12.1 Å². The second-order valence-electron chi connectivity index (χ2n) is 11.4. The number of ether oxygens (including phenoxy) is 5. The first-order valence-corrected chi connectivity index (χ1v) is 16.2. The van der Waals surface area contributed by atoms with Gasteiger partial charge in [0.15, 0.2) is 6.10 Å². The Kier molecular flexibility index (Phi) is 12.4. The van der Waals surface area contributed by atoms with E-state index < -0.39 is 60.9 Å². The van der Waals surface area contributed by atoms with Gasteiger partial charge in [-0.3, -0.25) is 4.79 Å². The van der Waals surface area contributed by atoms with Gasteiger partial charge in [-0.2, -0.15) is 13.2 Å². The highest BCUT2D eigenvalue weighted by Gasteiger charge is 2.53. The van der Waals surface area contributed by atoms with Crippen LogP contribution in [0.4, 0.5) is 13.2 Å². The fourth-order valence-corrected chi connectivity index (χ4v) is 6.08. The lowest BCUT2D eigenvalue weighted by Crippen LogP contribution is -2.62. The Morgan fingerprint density at radius 1 is 0.771 bits per heavy atom. The Morgan fingerprint density at radius 2 is 1.25 bits per heavy atom. The van der Waals surface area contributed by atoms with Gasteiger partial charge in [0, 0.05) is 17.0 Å². The lowest BCUT2D eigenvalue weighted by atomic mass is 9.87. The molecule has 6 atom stereocenters. The molecule has 4 aromatic rings. The zero-order valence-corrected chi connectivity index (χ0v) is 27.7. The van der Waals surface area contributed by atoms with Crippen molar-refractivity contribution in [2.24, 2.45) is 0 Å². The first-order chi connectivity index (χ1) is 23.1. The van der Waals surface area contributed by atoms with Gasteiger partial charge in [-0.05, 0) is 28.8 Å². The molecule has 4 aromatic carbocycles. The van der Waals surface area contributed by atoms with Gasteiger partial charge in [0.05, 0.1) is 32.0 Å². The molecule has 0 bridgehead atoms. The lowest BCUT2D eigenvalue weighted by Gasteiger charge is -2.48. The molecular weight excluding hydrogens is 693 g/mol. The summed E-state index contributed by atoms with van der Waals surface area (Å²) in [4.78, 5) is 12.5. The first-order valence-electron chi connectivity index (χ1n) is 15.4. The highest BCUT2D eigenvalue weighted by molar-refractivity contribution is 9.10. The number of hydrogen-bond donors (Lipinski definition) is 1. The van der Waals surface area contributed by atoms with Crippen LogP contribution in [0.3, 0.4) is 0 Å². The number of alkyl halides is 3. The molecule has 5 rings (SSSR count). The zero-order chi connectivity index (χ0) is 34.1. The Morgan fingerprint density at radius 3 is 1.71 bits per heavy atom. The molecule has 48 heavy (non-hydrogen) atoms. The van der Waals surface area contributed by atoms with E-state index >= 15 is 0 Å². The number of rotatable bonds is 13. The first kappa shape index (κ1) is 35.7. The SMILES string of the molecule is CC(=O)O[C@@H](c1ccc(Br)cc1C(F)(F)F)[C@H]1OC(CO)[C@@H](OCc2ccccc2)C(OCc2ccccc2)C1OCc1ccccc1. The molecule has 1 fully saturated rings. The Labute approximate surface area is 285 Å². The zero-order valence-electron chi connectivity index (χ0n) is 26.1. The minimum atomic E-state index is -4.80. The second kappa shape index (κ2) is 16.7. The van der Waals surface area contributed by atoms with E-state index in [0.29, 0.717) is 0 Å². The van der Waals surface area contributed by atoms with E-state index in [1.807, 2.05) is 91.0 Å². The molecule has 0 radical (unpaired) electrons. The van der Waals surface area contributed by atoms with Crippen molar-refractivity contribution < 1.29 is 46.8 Å². The summed E-state index contributed by atoms with van der Waals surface area (Å²) in [7, 11) is 0. The summed E-state index contributed by atoms with van der Waals surface area (Å²) in [5.41, 5.74) is 1.11. The van der Waals surface area contributed by atoms with Crippen molar-refractivity contribution in [3.8, 4) is 0 Å². The van der Waals surface area contributed by atoms with Crippen molar-refractivity contribution in [1.29, 1.82) is 0 Å². The number of hydrogen-bond acceptors (Lipinski definition) is 7. The number of esters is 1. The average Bonchev–Trinajstić information content (AvgIpc) is 3.08. The van der Waals surface area contributed by atoms with Gasteiger partial charge >= 0.3 is 12.1 Å². The van der Waals surface area contributed by atoms with Crippen LogP contribution in [0.2, 0.25) is 0 Å². The Balaban J connectivity index is 1.60. The third-order valence-electron chi connectivity index (χ3n) is 7.92. The lowest BCUT2D eigenvalue weighted by molar-refractivity contribution is -0.287. The van der Waals surface area contributed by atoms with Crippen LogP contribution in [0.15, 0.2) is 114 Å². The molecule has 1 saturated heterocycles. The fraction of sp³-hybridized carbons (Fsp3) is 0.324. The third kappa shape index (κ3) is 9.31. The number of carbonyl (C=O) groups excluding carboxylic acids is 1. The summed E-state index contributed by atoms with van der Waals surface area (Å²) in [5, 5.41) is 10.6. The summed E-state index contributed by atoms with van der Waals surface area (Å²) in [6.07, 6.45) is -11.9. The maximum atomic E-state index is 14.5. The molecule has 0 amide bonds. The molecular formula is C37H36BrF3O7. The third-order valence-corrected chi connectivity index (χ3v) is 8.42. The minimum absolute atomic E-state index is 0.0328. The molecule has 11 heteroatoms. The summed E-state index contributed by atoms with van der Waals surface area (Å²) in [5.74, 6) is -0.828. The molecule has 1 N–H and O–H groups in total. The number of aliphatic hydroxyl groups is 1. The highest BCUT2D eigenvalue weighted by Crippen LogP contribution is 2.43. The maximum absolute atomic E-state index is 14.5. The monoisotopic (exact) mass is 728 g/mol. The van der Waals surface area contributed by atoms with E-state index in [0.717, 1.165) is 29.7 Å². The molecule has 0 aromatic heterocycles. The van der Waals surface area contributed by atoms with Crippen LogP contribution in [-0.4, -0.2) is 48.2 Å². The van der Waals surface area contributed by atoms with Crippen LogP contribution in [0, 0.1) is 0 Å². The van der Waals surface area contributed by atoms with Crippen molar-refractivity contribution in [3.05, 3.63) is 141 Å². The molecule has 1 aliphatic heterocycles. The quantitative estimate of drug-likeness (QED) is 0.142. The van der Waals surface area contributed by atoms with Gasteiger partial charge in [-0.25, -0.2) is 0 Å². The van der Waals surface area contributed by atoms with Crippen LogP contribution < -0.4 is 0 Å². The van der Waals surface area contributed by atoms with Crippen LogP contribution >= 0.6 is 15.9 Å². The summed E-state index contributed by atoms with van der Waals surface area (Å²) >= 11 is 3.13. The van der Waals surface area contributed by atoms with E-state index in [2.05, 4.69) is 15.9 Å². The number of aliphatic hydroxyl groups excluding tert-OH is 1. The molecule has 1 aliphatic rings. The summed E-state index contributed by atoms with van der Waals surface area (Å²) in [6.45, 7) is 0.805. The number of benzene rings is 4. The molecule has 1 heterocycles. The van der Waals surface area contributed by atoms with Crippen molar-refractivity contribution in [2.75, 3.05) is 6.61 Å². The van der Waals surface area contributed by atoms with Crippen molar-refractivity contribution in [2.45, 2.75) is 69.5 Å². The van der Waals surface area contributed by atoms with Crippen LogP contribution in [-0.2, 0) is 54.5 Å². The number of halogens is 4. The largest absolute Gasteiger partial charge is 0.455 e. The van der Waals surface area contributed by atoms with Crippen LogP contribution in [0.25, 0.3) is 0 Å². The fourth-order valence-electron chi connectivity index (χ4n) is 5.72. The summed E-state index contributed by atoms with van der Waals surface area (Å²) in [6, 6.07) is 31.5. The normalized spacial score (nSPS) is 21.8. The van der Waals surface area contributed by atoms with E-state index in [4.69, 9.17) is 23.7 Å². The second-order valence-corrected chi connectivity index (χ2v) is 12.3. The molecule has 0 saturated carbocycles. The van der Waals surface area contributed by atoms with E-state index in [1.54, 1.807) is 0 Å². The standard InChI is InChI=1S/C37H36BrF3O7/c1-24(43)47-32(29-18-17-28(38)19-30(29)37(39,40)41)36-35(46-23-27-15-9-4-10-16-27)34(45-22-26-13-7-3-8-14-26)33(31(20-42)48-36)44-21-25-11-5-2-6-12-25/h2-19,31-36,42H,20-23H2,1H3/t31?,32-,33+,34?,35?,36+/m0/s1. The van der Waals surface area contributed by atoms with Crippen molar-refractivity contribution in [3.63, 3.8) is 0 Å². The maximum Gasteiger partial charge on any atom is 0.416 e. The smallest absolute Gasteiger partial charge is 0.416 e. The molecule has 0 aliphatic carbocycles. The van der Waals surface area contributed by atoms with Crippen molar-refractivity contribution in [1.82, 2.24) is 0 Å². The van der Waals surface area contributed by atoms with Gasteiger partial charge in [0.2, 0.25) is 0 Å². The number of carbonyl (C=O) groups is 1. The molecule has 254 valence electrons. The van der Waals surface area contributed by atoms with Gasteiger partial charge in [0.25, 0.3) is 0 Å².